The summed E-state index contributed by atoms with van der Waals surface area (Å²) in [4.78, 5) is 22.5. The number of piperazine rings is 1. The van der Waals surface area contributed by atoms with E-state index < -0.39 is 0 Å². The van der Waals surface area contributed by atoms with Crippen LogP contribution in [0.2, 0.25) is 0 Å². The molecule has 7 heteroatoms. The minimum Gasteiger partial charge on any atom is -0.370 e. The first kappa shape index (κ1) is 16.4. The molecule has 3 rings (SSSR count). The van der Waals surface area contributed by atoms with Crippen molar-refractivity contribution in [3.8, 4) is 0 Å². The van der Waals surface area contributed by atoms with Crippen molar-refractivity contribution in [1.29, 1.82) is 0 Å². The third-order valence-corrected chi connectivity index (χ3v) is 4.16. The molecule has 0 radical (unpaired) electrons. The van der Waals surface area contributed by atoms with Crippen LogP contribution in [0.15, 0.2) is 18.5 Å². The van der Waals surface area contributed by atoms with Gasteiger partial charge >= 0.3 is 0 Å². The van der Waals surface area contributed by atoms with Gasteiger partial charge in [0.1, 0.15) is 18.0 Å². The zero-order valence-corrected chi connectivity index (χ0v) is 14.7. The summed E-state index contributed by atoms with van der Waals surface area (Å²) in [5.74, 6) is 2.72. The predicted molar refractivity (Wildman–Crippen MR) is 96.8 cm³/mol. The highest BCUT2D eigenvalue weighted by Gasteiger charge is 2.20. The van der Waals surface area contributed by atoms with Gasteiger partial charge in [0.25, 0.3) is 0 Å². The summed E-state index contributed by atoms with van der Waals surface area (Å²) in [5.41, 5.74) is 2.07. The summed E-state index contributed by atoms with van der Waals surface area (Å²) >= 11 is 0. The average molecular weight is 327 g/mol. The SMILES string of the molecule is CCNc1cc(C)nc(N2CCN(c3cc(CC)ncn3)CC2)n1. The van der Waals surface area contributed by atoms with Crippen LogP contribution in [0.25, 0.3) is 0 Å². The lowest BCUT2D eigenvalue weighted by Crippen LogP contribution is -2.47. The Morgan fingerprint density at radius 2 is 1.75 bits per heavy atom. The molecule has 0 saturated carbocycles. The van der Waals surface area contributed by atoms with E-state index in [1.54, 1.807) is 6.33 Å². The third kappa shape index (κ3) is 3.72. The van der Waals surface area contributed by atoms with Crippen molar-refractivity contribution in [2.24, 2.45) is 0 Å². The highest BCUT2D eigenvalue weighted by molar-refractivity contribution is 5.46. The highest BCUT2D eigenvalue weighted by atomic mass is 15.3. The standard InChI is InChI=1S/C17H25N7/c1-4-14-11-16(20-12-19-14)23-6-8-24(9-7-23)17-21-13(3)10-15(22-17)18-5-2/h10-12H,4-9H2,1-3H3,(H,18,21,22). The Morgan fingerprint density at radius 1 is 1.00 bits per heavy atom. The maximum Gasteiger partial charge on any atom is 0.227 e. The fourth-order valence-corrected chi connectivity index (χ4v) is 2.85. The van der Waals surface area contributed by atoms with Crippen LogP contribution >= 0.6 is 0 Å². The van der Waals surface area contributed by atoms with E-state index in [-0.39, 0.29) is 0 Å². The van der Waals surface area contributed by atoms with Crippen LogP contribution in [0, 0.1) is 6.92 Å². The van der Waals surface area contributed by atoms with Crippen molar-refractivity contribution < 1.29 is 0 Å². The molecule has 24 heavy (non-hydrogen) atoms. The molecule has 2 aromatic rings. The van der Waals surface area contributed by atoms with Gasteiger partial charge in [-0.1, -0.05) is 6.92 Å². The molecule has 0 aromatic carbocycles. The molecule has 1 saturated heterocycles. The number of aryl methyl sites for hydroxylation is 2. The Labute approximate surface area is 143 Å². The second kappa shape index (κ2) is 7.42. The number of anilines is 3. The van der Waals surface area contributed by atoms with Gasteiger partial charge < -0.3 is 15.1 Å². The molecule has 7 nitrogen and oxygen atoms in total. The molecule has 0 aliphatic carbocycles. The Balaban J connectivity index is 1.68. The molecule has 1 aliphatic rings. The largest absolute Gasteiger partial charge is 0.370 e. The Hall–Kier alpha value is -2.44. The van der Waals surface area contributed by atoms with Gasteiger partial charge in [0.05, 0.1) is 0 Å². The van der Waals surface area contributed by atoms with Gasteiger partial charge in [-0.3, -0.25) is 0 Å². The van der Waals surface area contributed by atoms with Crippen molar-refractivity contribution in [3.05, 3.63) is 29.8 Å². The monoisotopic (exact) mass is 327 g/mol. The van der Waals surface area contributed by atoms with E-state index in [0.29, 0.717) is 0 Å². The first-order valence-electron chi connectivity index (χ1n) is 8.60. The second-order valence-corrected chi connectivity index (χ2v) is 5.92. The molecule has 0 spiro atoms. The number of nitrogens with one attached hydrogen (secondary N) is 1. The maximum absolute atomic E-state index is 4.63. The lowest BCUT2D eigenvalue weighted by atomic mass is 10.2. The van der Waals surface area contributed by atoms with E-state index in [0.717, 1.165) is 68.1 Å². The average Bonchev–Trinajstić information content (AvgIpc) is 2.62. The molecule has 2 aromatic heterocycles. The first-order valence-corrected chi connectivity index (χ1v) is 8.60. The van der Waals surface area contributed by atoms with E-state index in [1.165, 1.54) is 0 Å². The van der Waals surface area contributed by atoms with Crippen molar-refractivity contribution in [2.45, 2.75) is 27.2 Å². The van der Waals surface area contributed by atoms with Gasteiger partial charge in [0, 0.05) is 56.2 Å². The smallest absolute Gasteiger partial charge is 0.227 e. The van der Waals surface area contributed by atoms with E-state index >= 15 is 0 Å². The van der Waals surface area contributed by atoms with Gasteiger partial charge in [-0.2, -0.15) is 4.98 Å². The number of rotatable bonds is 5. The molecule has 3 heterocycles. The molecule has 1 aliphatic heterocycles. The quantitative estimate of drug-likeness (QED) is 0.899. The van der Waals surface area contributed by atoms with Crippen LogP contribution in [0.5, 0.6) is 0 Å². The molecular formula is C17H25N7. The first-order chi connectivity index (χ1) is 11.7. The lowest BCUT2D eigenvalue weighted by molar-refractivity contribution is 0.632. The van der Waals surface area contributed by atoms with Crippen molar-refractivity contribution in [3.63, 3.8) is 0 Å². The lowest BCUT2D eigenvalue weighted by Gasteiger charge is -2.35. The van der Waals surface area contributed by atoms with E-state index in [2.05, 4.69) is 55.0 Å². The Kier molecular flexibility index (Phi) is 5.08. The predicted octanol–water partition coefficient (Wildman–Crippen LogP) is 1.90. The summed E-state index contributed by atoms with van der Waals surface area (Å²) in [6, 6.07) is 4.07. The van der Waals surface area contributed by atoms with Crippen LogP contribution < -0.4 is 15.1 Å². The van der Waals surface area contributed by atoms with Crippen LogP contribution in [0.4, 0.5) is 17.6 Å². The van der Waals surface area contributed by atoms with E-state index in [9.17, 15) is 0 Å². The Bertz CT molecular complexity index is 680. The molecule has 0 unspecified atom stereocenters. The number of hydrogen-bond donors (Lipinski definition) is 1. The molecule has 0 atom stereocenters. The molecule has 0 bridgehead atoms. The van der Waals surface area contributed by atoms with Crippen molar-refractivity contribution >= 4 is 17.6 Å². The summed E-state index contributed by atoms with van der Waals surface area (Å²) in [7, 11) is 0. The van der Waals surface area contributed by atoms with Crippen LogP contribution in [0.1, 0.15) is 25.2 Å². The number of nitrogens with zero attached hydrogens (tertiary/aromatic N) is 6. The van der Waals surface area contributed by atoms with Gasteiger partial charge in [0.2, 0.25) is 5.95 Å². The van der Waals surface area contributed by atoms with Gasteiger partial charge in [0.15, 0.2) is 0 Å². The maximum atomic E-state index is 4.63. The summed E-state index contributed by atoms with van der Waals surface area (Å²) < 4.78 is 0. The van der Waals surface area contributed by atoms with Crippen LogP contribution in [0.3, 0.4) is 0 Å². The summed E-state index contributed by atoms with van der Waals surface area (Å²) in [5, 5.41) is 3.27. The fourth-order valence-electron chi connectivity index (χ4n) is 2.85. The highest BCUT2D eigenvalue weighted by Crippen LogP contribution is 2.18. The van der Waals surface area contributed by atoms with Gasteiger partial charge in [-0.15, -0.1) is 0 Å². The minimum atomic E-state index is 0.808. The summed E-state index contributed by atoms with van der Waals surface area (Å²) in [6.07, 6.45) is 2.59. The van der Waals surface area contributed by atoms with Crippen LogP contribution in [-0.4, -0.2) is 52.7 Å². The Morgan fingerprint density at radius 3 is 2.46 bits per heavy atom. The normalized spacial score (nSPS) is 14.8. The topological polar surface area (TPSA) is 70.1 Å². The van der Waals surface area contributed by atoms with Crippen molar-refractivity contribution in [1.82, 2.24) is 19.9 Å². The molecule has 1 N–H and O–H groups in total. The zero-order chi connectivity index (χ0) is 16.9. The van der Waals surface area contributed by atoms with E-state index in [1.807, 2.05) is 13.0 Å². The number of aromatic nitrogens is 4. The fraction of sp³-hybridized carbons (Fsp3) is 0.529. The second-order valence-electron chi connectivity index (χ2n) is 5.92. The van der Waals surface area contributed by atoms with Crippen LogP contribution in [-0.2, 0) is 6.42 Å². The molecular weight excluding hydrogens is 302 g/mol. The molecule has 128 valence electrons. The molecule has 1 fully saturated rings. The summed E-state index contributed by atoms with van der Waals surface area (Å²) in [6.45, 7) is 10.7. The van der Waals surface area contributed by atoms with Gasteiger partial charge in [-0.25, -0.2) is 15.0 Å². The minimum absolute atomic E-state index is 0.808. The third-order valence-electron chi connectivity index (χ3n) is 4.16. The van der Waals surface area contributed by atoms with Crippen molar-refractivity contribution in [2.75, 3.05) is 47.8 Å². The zero-order valence-electron chi connectivity index (χ0n) is 14.7. The van der Waals surface area contributed by atoms with Gasteiger partial charge in [-0.05, 0) is 20.3 Å². The molecule has 0 amide bonds. The number of hydrogen-bond acceptors (Lipinski definition) is 7. The van der Waals surface area contributed by atoms with E-state index in [4.69, 9.17) is 0 Å².